The summed E-state index contributed by atoms with van der Waals surface area (Å²) < 4.78 is 11.2. The number of carbonyl (C=O) groups excluding carboxylic acids is 2. The van der Waals surface area contributed by atoms with Crippen molar-refractivity contribution in [1.29, 1.82) is 0 Å². The minimum absolute atomic E-state index is 0.0625. The first-order chi connectivity index (χ1) is 17.9. The molecule has 1 unspecified atom stereocenters. The molecule has 7 nitrogen and oxygen atoms in total. The molecule has 0 spiro atoms. The molecule has 1 atom stereocenters. The lowest BCUT2D eigenvalue weighted by atomic mass is 10.0. The lowest BCUT2D eigenvalue weighted by Crippen LogP contribution is -2.49. The van der Waals surface area contributed by atoms with Crippen LogP contribution in [0.1, 0.15) is 22.9 Å². The zero-order valence-electron chi connectivity index (χ0n) is 20.5. The fourth-order valence-electron chi connectivity index (χ4n) is 4.26. The number of halogens is 2. The van der Waals surface area contributed by atoms with E-state index in [9.17, 15) is 9.59 Å². The van der Waals surface area contributed by atoms with Gasteiger partial charge in [-0.3, -0.25) is 4.79 Å². The largest absolute Gasteiger partial charge is 0.491 e. The molecule has 0 aliphatic carbocycles. The smallest absolute Gasteiger partial charge is 0.322 e. The Balaban J connectivity index is 1.48. The molecule has 2 aromatic carbocycles. The van der Waals surface area contributed by atoms with Gasteiger partial charge in [-0.1, -0.05) is 29.3 Å². The van der Waals surface area contributed by atoms with E-state index >= 15 is 0 Å². The standard InChI is InChI=1S/C27H29Cl2N3O4S/c1-35-14-3-12-31(27(34)30-21-5-2-4-20(29)16-21)17-26(33)32-13-10-25-23(11-15-37-25)24(32)18-36-22-8-6-19(28)7-9-22/h2,4-9,11,15-16,24H,3,10,12-14,17-18H2,1H3,(H,30,34). The monoisotopic (exact) mass is 561 g/mol. The van der Waals surface area contributed by atoms with Gasteiger partial charge in [0, 0.05) is 47.4 Å². The van der Waals surface area contributed by atoms with Crippen molar-refractivity contribution in [2.24, 2.45) is 0 Å². The molecule has 0 radical (unpaired) electrons. The number of anilines is 1. The number of fused-ring (bicyclic) bond motifs is 1. The summed E-state index contributed by atoms with van der Waals surface area (Å²) in [7, 11) is 1.61. The van der Waals surface area contributed by atoms with E-state index in [-0.39, 0.29) is 24.5 Å². The molecule has 1 aliphatic heterocycles. The van der Waals surface area contributed by atoms with Crippen LogP contribution < -0.4 is 10.1 Å². The third-order valence-corrected chi connectivity index (χ3v) is 7.59. The van der Waals surface area contributed by atoms with Gasteiger partial charge in [0.05, 0.1) is 6.04 Å². The van der Waals surface area contributed by atoms with E-state index in [0.717, 1.165) is 12.0 Å². The summed E-state index contributed by atoms with van der Waals surface area (Å²) in [6.45, 7) is 1.65. The van der Waals surface area contributed by atoms with Crippen LogP contribution in [0.25, 0.3) is 0 Å². The summed E-state index contributed by atoms with van der Waals surface area (Å²) in [6.07, 6.45) is 1.37. The fourth-order valence-corrected chi connectivity index (χ4v) is 5.50. The number of hydrogen-bond acceptors (Lipinski definition) is 5. The second-order valence-electron chi connectivity index (χ2n) is 8.63. The topological polar surface area (TPSA) is 71.1 Å². The van der Waals surface area contributed by atoms with Crippen LogP contribution in [-0.4, -0.2) is 61.7 Å². The molecule has 3 aromatic rings. The predicted molar refractivity (Wildman–Crippen MR) is 148 cm³/mol. The molecule has 37 heavy (non-hydrogen) atoms. The normalized spacial score (nSPS) is 14.7. The number of hydrogen-bond donors (Lipinski definition) is 1. The van der Waals surface area contributed by atoms with Gasteiger partial charge in [-0.2, -0.15) is 0 Å². The Bertz CT molecular complexity index is 1200. The number of amides is 3. The molecule has 0 saturated carbocycles. The van der Waals surface area contributed by atoms with Crippen LogP contribution in [0, 0.1) is 0 Å². The summed E-state index contributed by atoms with van der Waals surface area (Å²) in [4.78, 5) is 31.4. The Morgan fingerprint density at radius 3 is 2.70 bits per heavy atom. The molecular weight excluding hydrogens is 533 g/mol. The zero-order chi connectivity index (χ0) is 26.2. The van der Waals surface area contributed by atoms with E-state index in [2.05, 4.69) is 11.4 Å². The van der Waals surface area contributed by atoms with Crippen molar-refractivity contribution < 1.29 is 19.1 Å². The first-order valence-electron chi connectivity index (χ1n) is 12.0. The van der Waals surface area contributed by atoms with Gasteiger partial charge in [-0.15, -0.1) is 11.3 Å². The molecule has 4 rings (SSSR count). The van der Waals surface area contributed by atoms with Crippen molar-refractivity contribution >= 4 is 52.2 Å². The number of ether oxygens (including phenoxy) is 2. The number of nitrogens with one attached hydrogen (secondary N) is 1. The first kappa shape index (κ1) is 27.3. The number of nitrogens with zero attached hydrogens (tertiary/aromatic N) is 2. The molecule has 196 valence electrons. The molecule has 10 heteroatoms. The number of carbonyl (C=O) groups is 2. The van der Waals surface area contributed by atoms with Crippen LogP contribution in [0.2, 0.25) is 10.0 Å². The average molecular weight is 563 g/mol. The van der Waals surface area contributed by atoms with Gasteiger partial charge in [0.2, 0.25) is 5.91 Å². The van der Waals surface area contributed by atoms with Crippen LogP contribution in [0.15, 0.2) is 60.0 Å². The molecule has 3 amide bonds. The van der Waals surface area contributed by atoms with E-state index in [1.54, 1.807) is 54.8 Å². The Morgan fingerprint density at radius 1 is 1.14 bits per heavy atom. The lowest BCUT2D eigenvalue weighted by molar-refractivity contribution is -0.135. The minimum Gasteiger partial charge on any atom is -0.491 e. The second-order valence-corrected chi connectivity index (χ2v) is 10.5. The Labute approximate surface area is 230 Å². The van der Waals surface area contributed by atoms with Crippen LogP contribution in [0.3, 0.4) is 0 Å². The molecule has 0 fully saturated rings. The van der Waals surface area contributed by atoms with Crippen molar-refractivity contribution in [3.05, 3.63) is 80.5 Å². The number of rotatable bonds is 10. The van der Waals surface area contributed by atoms with Gasteiger partial charge in [-0.05, 0) is 72.3 Å². The lowest BCUT2D eigenvalue weighted by Gasteiger charge is -2.37. The Hall–Kier alpha value is -2.78. The molecule has 1 N–H and O–H groups in total. The molecule has 0 bridgehead atoms. The molecule has 2 heterocycles. The quantitative estimate of drug-likeness (QED) is 0.302. The van der Waals surface area contributed by atoms with Gasteiger partial charge < -0.3 is 24.6 Å². The molecule has 1 aliphatic rings. The Morgan fingerprint density at radius 2 is 1.95 bits per heavy atom. The van der Waals surface area contributed by atoms with Crippen molar-refractivity contribution in [2.45, 2.75) is 18.9 Å². The minimum atomic E-state index is -0.367. The summed E-state index contributed by atoms with van der Waals surface area (Å²) in [5.74, 6) is 0.543. The van der Waals surface area contributed by atoms with E-state index < -0.39 is 0 Å². The highest BCUT2D eigenvalue weighted by atomic mass is 35.5. The van der Waals surface area contributed by atoms with Crippen LogP contribution in [0.4, 0.5) is 10.5 Å². The van der Waals surface area contributed by atoms with E-state index in [1.807, 2.05) is 22.4 Å². The van der Waals surface area contributed by atoms with Gasteiger partial charge in [-0.25, -0.2) is 4.79 Å². The van der Waals surface area contributed by atoms with Gasteiger partial charge in [0.25, 0.3) is 0 Å². The third kappa shape index (κ3) is 7.38. The van der Waals surface area contributed by atoms with Crippen molar-refractivity contribution in [2.75, 3.05) is 45.3 Å². The number of thiophene rings is 1. The van der Waals surface area contributed by atoms with Crippen LogP contribution in [-0.2, 0) is 16.0 Å². The number of methoxy groups -OCH3 is 1. The summed E-state index contributed by atoms with van der Waals surface area (Å²) in [5.41, 5.74) is 1.66. The van der Waals surface area contributed by atoms with Gasteiger partial charge in [0.1, 0.15) is 18.9 Å². The molecule has 0 saturated heterocycles. The van der Waals surface area contributed by atoms with Crippen LogP contribution >= 0.6 is 34.5 Å². The predicted octanol–water partition coefficient (Wildman–Crippen LogP) is 6.13. The highest BCUT2D eigenvalue weighted by Crippen LogP contribution is 2.34. The number of urea groups is 1. The zero-order valence-corrected chi connectivity index (χ0v) is 22.8. The summed E-state index contributed by atoms with van der Waals surface area (Å²) in [5, 5.41) is 6.04. The maximum absolute atomic E-state index is 13.6. The van der Waals surface area contributed by atoms with Gasteiger partial charge in [0.15, 0.2) is 0 Å². The van der Waals surface area contributed by atoms with E-state index in [1.165, 1.54) is 9.78 Å². The average Bonchev–Trinajstić information content (AvgIpc) is 3.37. The molecular formula is C27H29Cl2N3O4S. The SMILES string of the molecule is COCCCN(CC(=O)N1CCc2sccc2C1COc1ccc(Cl)cc1)C(=O)Nc1cccc(Cl)c1. The highest BCUT2D eigenvalue weighted by molar-refractivity contribution is 7.10. The summed E-state index contributed by atoms with van der Waals surface area (Å²) in [6, 6.07) is 15.5. The van der Waals surface area contributed by atoms with E-state index in [0.29, 0.717) is 54.2 Å². The third-order valence-electron chi connectivity index (χ3n) is 6.10. The van der Waals surface area contributed by atoms with Crippen molar-refractivity contribution in [3.63, 3.8) is 0 Å². The fraction of sp³-hybridized carbons (Fsp3) is 0.333. The highest BCUT2D eigenvalue weighted by Gasteiger charge is 2.33. The maximum atomic E-state index is 13.6. The Kier molecular flexibility index (Phi) is 9.68. The van der Waals surface area contributed by atoms with Gasteiger partial charge >= 0.3 is 6.03 Å². The van der Waals surface area contributed by atoms with Crippen LogP contribution in [0.5, 0.6) is 5.75 Å². The number of benzene rings is 2. The second kappa shape index (κ2) is 13.1. The van der Waals surface area contributed by atoms with E-state index in [4.69, 9.17) is 32.7 Å². The molecule has 1 aromatic heterocycles. The summed E-state index contributed by atoms with van der Waals surface area (Å²) >= 11 is 13.8. The first-order valence-corrected chi connectivity index (χ1v) is 13.6. The van der Waals surface area contributed by atoms with Crippen molar-refractivity contribution in [1.82, 2.24) is 9.80 Å². The van der Waals surface area contributed by atoms with Crippen molar-refractivity contribution in [3.8, 4) is 5.75 Å². The maximum Gasteiger partial charge on any atom is 0.322 e.